The number of halogens is 3. The Morgan fingerprint density at radius 3 is 2.17 bits per heavy atom. The van der Waals surface area contributed by atoms with Gasteiger partial charge in [0.05, 0.1) is 11.5 Å². The van der Waals surface area contributed by atoms with Gasteiger partial charge in [0, 0.05) is 28.3 Å². The van der Waals surface area contributed by atoms with Gasteiger partial charge in [0.2, 0.25) is 0 Å². The predicted molar refractivity (Wildman–Crippen MR) is 109 cm³/mol. The van der Waals surface area contributed by atoms with Crippen molar-refractivity contribution in [3.63, 3.8) is 0 Å². The average molecular weight is 390 g/mol. The molecular weight excluding hydrogens is 373 g/mol. The zero-order valence-corrected chi connectivity index (χ0v) is 15.3. The molecule has 0 amide bonds. The van der Waals surface area contributed by atoms with Crippen molar-refractivity contribution in [1.29, 1.82) is 0 Å². The number of hydrogen-bond donors (Lipinski definition) is 2. The number of aromatic amines is 2. The van der Waals surface area contributed by atoms with Gasteiger partial charge in [0.1, 0.15) is 0 Å². The van der Waals surface area contributed by atoms with E-state index in [0.29, 0.717) is 0 Å². The number of benzene rings is 3. The molecule has 0 spiro atoms. The smallest absolute Gasteiger partial charge is 0.361 e. The first-order chi connectivity index (χ1) is 14.0. The lowest BCUT2D eigenvalue weighted by molar-refractivity contribution is -0.137. The minimum Gasteiger partial charge on any atom is -0.361 e. The maximum Gasteiger partial charge on any atom is 0.416 e. The number of aromatic nitrogens is 2. The Labute approximate surface area is 165 Å². The van der Waals surface area contributed by atoms with E-state index in [1.807, 2.05) is 54.7 Å². The first-order valence-electron chi connectivity index (χ1n) is 9.31. The number of rotatable bonds is 3. The Kier molecular flexibility index (Phi) is 3.98. The minimum absolute atomic E-state index is 0.221. The third-order valence-electron chi connectivity index (χ3n) is 5.37. The molecule has 5 rings (SSSR count). The standard InChI is InChI=1S/C24H17F3N2/c25-24(26,27)17-11-9-15(10-12-17)23(19-14-28-21-8-4-2-6-18(19)21)22-13-16-5-1-3-7-20(16)29-22/h1-14,23,28-29H. The van der Waals surface area contributed by atoms with Crippen LogP contribution in [0.4, 0.5) is 13.2 Å². The van der Waals surface area contributed by atoms with E-state index in [2.05, 4.69) is 16.0 Å². The Morgan fingerprint density at radius 2 is 1.45 bits per heavy atom. The van der Waals surface area contributed by atoms with Crippen molar-refractivity contribution in [2.75, 3.05) is 0 Å². The van der Waals surface area contributed by atoms with E-state index in [1.165, 1.54) is 0 Å². The Balaban J connectivity index is 1.71. The molecule has 1 unspecified atom stereocenters. The van der Waals surface area contributed by atoms with Gasteiger partial charge >= 0.3 is 6.18 Å². The molecule has 2 heterocycles. The van der Waals surface area contributed by atoms with Gasteiger partial charge in [0.25, 0.3) is 0 Å². The number of para-hydroxylation sites is 2. The van der Waals surface area contributed by atoms with Crippen LogP contribution in [-0.2, 0) is 6.18 Å². The van der Waals surface area contributed by atoms with E-state index >= 15 is 0 Å². The van der Waals surface area contributed by atoms with Gasteiger partial charge in [-0.3, -0.25) is 0 Å². The SMILES string of the molecule is FC(F)(F)c1ccc(C(c2cc3ccccc3[nH]2)c2c[nH]c3ccccc23)cc1. The highest BCUT2D eigenvalue weighted by molar-refractivity contribution is 5.86. The number of alkyl halides is 3. The van der Waals surface area contributed by atoms with Crippen LogP contribution in [0.2, 0.25) is 0 Å². The van der Waals surface area contributed by atoms with Crippen molar-refractivity contribution in [2.45, 2.75) is 12.1 Å². The highest BCUT2D eigenvalue weighted by atomic mass is 19.4. The van der Waals surface area contributed by atoms with Gasteiger partial charge in [-0.2, -0.15) is 13.2 Å². The zero-order valence-electron chi connectivity index (χ0n) is 15.3. The van der Waals surface area contributed by atoms with E-state index in [1.54, 1.807) is 12.1 Å². The van der Waals surface area contributed by atoms with Crippen molar-refractivity contribution in [3.8, 4) is 0 Å². The highest BCUT2D eigenvalue weighted by Gasteiger charge is 2.31. The summed E-state index contributed by atoms with van der Waals surface area (Å²) in [7, 11) is 0. The van der Waals surface area contributed by atoms with Crippen LogP contribution in [0.5, 0.6) is 0 Å². The van der Waals surface area contributed by atoms with Crippen LogP contribution in [0.3, 0.4) is 0 Å². The largest absolute Gasteiger partial charge is 0.416 e. The lowest BCUT2D eigenvalue weighted by atomic mass is 9.87. The van der Waals surface area contributed by atoms with Crippen LogP contribution < -0.4 is 0 Å². The van der Waals surface area contributed by atoms with Crippen molar-refractivity contribution in [1.82, 2.24) is 9.97 Å². The molecule has 0 fully saturated rings. The van der Waals surface area contributed by atoms with E-state index in [4.69, 9.17) is 0 Å². The monoisotopic (exact) mass is 390 g/mol. The maximum absolute atomic E-state index is 13.1. The van der Waals surface area contributed by atoms with E-state index in [0.717, 1.165) is 50.8 Å². The van der Waals surface area contributed by atoms with Crippen molar-refractivity contribution < 1.29 is 13.2 Å². The van der Waals surface area contributed by atoms with Crippen LogP contribution in [0, 0.1) is 0 Å². The summed E-state index contributed by atoms with van der Waals surface area (Å²) in [5.41, 5.74) is 4.11. The lowest BCUT2D eigenvalue weighted by Crippen LogP contribution is -2.07. The lowest BCUT2D eigenvalue weighted by Gasteiger charge is -2.17. The summed E-state index contributed by atoms with van der Waals surface area (Å²) in [4.78, 5) is 6.74. The Hall–Kier alpha value is -3.47. The summed E-state index contributed by atoms with van der Waals surface area (Å²) in [6.07, 6.45) is -2.41. The van der Waals surface area contributed by atoms with Crippen molar-refractivity contribution in [2.24, 2.45) is 0 Å². The molecule has 0 aliphatic carbocycles. The molecule has 2 N–H and O–H groups in total. The summed E-state index contributed by atoms with van der Waals surface area (Å²) in [6, 6.07) is 23.4. The quantitative estimate of drug-likeness (QED) is 0.338. The molecule has 0 aliphatic rings. The maximum atomic E-state index is 13.1. The predicted octanol–water partition coefficient (Wildman–Crippen LogP) is 6.85. The van der Waals surface area contributed by atoms with Gasteiger partial charge < -0.3 is 9.97 Å². The molecule has 5 heteroatoms. The molecule has 3 aromatic carbocycles. The topological polar surface area (TPSA) is 31.6 Å². The molecule has 0 saturated carbocycles. The zero-order chi connectivity index (χ0) is 20.0. The van der Waals surface area contributed by atoms with Crippen LogP contribution in [0.25, 0.3) is 21.8 Å². The van der Waals surface area contributed by atoms with Gasteiger partial charge in [-0.15, -0.1) is 0 Å². The molecule has 2 aromatic heterocycles. The van der Waals surface area contributed by atoms with Crippen LogP contribution in [0.15, 0.2) is 85.1 Å². The van der Waals surface area contributed by atoms with Crippen molar-refractivity contribution >= 4 is 21.8 Å². The van der Waals surface area contributed by atoms with Gasteiger partial charge in [0.15, 0.2) is 0 Å². The van der Waals surface area contributed by atoms with Crippen LogP contribution >= 0.6 is 0 Å². The fourth-order valence-corrected chi connectivity index (χ4v) is 3.98. The average Bonchev–Trinajstić information content (AvgIpc) is 3.33. The highest BCUT2D eigenvalue weighted by Crippen LogP contribution is 2.38. The van der Waals surface area contributed by atoms with E-state index < -0.39 is 11.7 Å². The van der Waals surface area contributed by atoms with E-state index in [-0.39, 0.29) is 5.92 Å². The van der Waals surface area contributed by atoms with Gasteiger partial charge in [-0.1, -0.05) is 48.5 Å². The first-order valence-corrected chi connectivity index (χ1v) is 9.31. The third kappa shape index (κ3) is 3.09. The fraction of sp³-hybridized carbons (Fsp3) is 0.0833. The van der Waals surface area contributed by atoms with E-state index in [9.17, 15) is 13.2 Å². The first kappa shape index (κ1) is 17.6. The van der Waals surface area contributed by atoms with Crippen molar-refractivity contribution in [3.05, 3.63) is 107 Å². The molecule has 1 atom stereocenters. The Morgan fingerprint density at radius 1 is 0.759 bits per heavy atom. The van der Waals surface area contributed by atoms with Gasteiger partial charge in [-0.25, -0.2) is 0 Å². The summed E-state index contributed by atoms with van der Waals surface area (Å²) >= 11 is 0. The third-order valence-corrected chi connectivity index (χ3v) is 5.37. The number of fused-ring (bicyclic) bond motifs is 2. The second-order valence-electron chi connectivity index (χ2n) is 7.15. The molecule has 0 saturated heterocycles. The molecule has 144 valence electrons. The number of hydrogen-bond acceptors (Lipinski definition) is 0. The molecule has 0 bridgehead atoms. The fourth-order valence-electron chi connectivity index (χ4n) is 3.98. The normalized spacial score (nSPS) is 13.2. The molecule has 5 aromatic rings. The van der Waals surface area contributed by atoms with Crippen LogP contribution in [-0.4, -0.2) is 9.97 Å². The summed E-state index contributed by atoms with van der Waals surface area (Å²) in [6.45, 7) is 0. The van der Waals surface area contributed by atoms with Gasteiger partial charge in [-0.05, 0) is 46.8 Å². The Bertz CT molecular complexity index is 1260. The second-order valence-corrected chi connectivity index (χ2v) is 7.15. The summed E-state index contributed by atoms with van der Waals surface area (Å²) in [5.74, 6) is -0.221. The minimum atomic E-state index is -4.35. The molecule has 29 heavy (non-hydrogen) atoms. The number of nitrogens with one attached hydrogen (secondary N) is 2. The molecule has 0 radical (unpaired) electrons. The molecular formula is C24H17F3N2. The summed E-state index contributed by atoms with van der Waals surface area (Å²) < 4.78 is 39.2. The summed E-state index contributed by atoms with van der Waals surface area (Å²) in [5, 5.41) is 2.12. The molecule has 2 nitrogen and oxygen atoms in total. The molecule has 0 aliphatic heterocycles. The van der Waals surface area contributed by atoms with Crippen LogP contribution in [0.1, 0.15) is 28.3 Å². The number of H-pyrrole nitrogens is 2. The second kappa shape index (κ2) is 6.55.